The monoisotopic (exact) mass is 350 g/mol. The molecule has 0 fully saturated rings. The van der Waals surface area contributed by atoms with Crippen molar-refractivity contribution in [1.82, 2.24) is 0 Å². The van der Waals surface area contributed by atoms with Crippen molar-refractivity contribution in [2.45, 2.75) is 41.5 Å². The van der Waals surface area contributed by atoms with Crippen LogP contribution < -0.4 is 0 Å². The average molecular weight is 351 g/mol. The minimum Gasteiger partial charge on any atom is -0.251 e. The molecule has 0 bridgehead atoms. The zero-order valence-electron chi connectivity index (χ0n) is 14.7. The Morgan fingerprint density at radius 2 is 0.870 bits per heavy atom. The van der Waals surface area contributed by atoms with Crippen LogP contribution in [0.25, 0.3) is 0 Å². The summed E-state index contributed by atoms with van der Waals surface area (Å²) in [6.45, 7) is 12.4. The Kier molecular flexibility index (Phi) is 6.90. The van der Waals surface area contributed by atoms with Gasteiger partial charge in [-0.15, -0.1) is 0 Å². The first-order valence-corrected chi connectivity index (χ1v) is 7.63. The van der Waals surface area contributed by atoms with Crippen LogP contribution in [0.4, 0.5) is 11.4 Å². The second kappa shape index (κ2) is 8.22. The molecule has 0 aliphatic heterocycles. The summed E-state index contributed by atoms with van der Waals surface area (Å²) in [4.78, 5) is 9.60. The van der Waals surface area contributed by atoms with Crippen LogP contribution in [-0.2, 0) is 16.5 Å². The molecule has 0 saturated heterocycles. The summed E-state index contributed by atoms with van der Waals surface area (Å²) in [7, 11) is 0. The maximum absolute atomic E-state index is 4.80. The number of aliphatic imine (C=N–C) groups is 2. The third-order valence-electron chi connectivity index (χ3n) is 3.96. The molecule has 2 nitrogen and oxygen atoms in total. The topological polar surface area (TPSA) is 24.7 Å². The van der Waals surface area contributed by atoms with E-state index in [1.54, 1.807) is 0 Å². The van der Waals surface area contributed by atoms with Crippen molar-refractivity contribution >= 4 is 22.8 Å². The van der Waals surface area contributed by atoms with Crippen molar-refractivity contribution < 1.29 is 16.5 Å². The Morgan fingerprint density at radius 1 is 0.609 bits per heavy atom. The molecule has 3 heteroatoms. The van der Waals surface area contributed by atoms with Crippen molar-refractivity contribution in [3.8, 4) is 0 Å². The SMILES string of the molecule is CC(=Nc1c(C)cccc1C)C(C)=Nc1c(C)cccc1C.[Ni+2]. The van der Waals surface area contributed by atoms with E-state index in [2.05, 4.69) is 64.1 Å². The molecule has 2 aromatic carbocycles. The van der Waals surface area contributed by atoms with Crippen molar-refractivity contribution in [3.05, 3.63) is 58.7 Å². The van der Waals surface area contributed by atoms with Crippen LogP contribution in [0.1, 0.15) is 36.1 Å². The first-order chi connectivity index (χ1) is 10.4. The molecular weight excluding hydrogens is 327 g/mol. The summed E-state index contributed by atoms with van der Waals surface area (Å²) in [5.74, 6) is 0. The maximum atomic E-state index is 4.80. The van der Waals surface area contributed by atoms with Gasteiger partial charge in [-0.25, -0.2) is 0 Å². The Hall–Kier alpha value is -1.73. The molecular formula is C20H24N2Ni+2. The van der Waals surface area contributed by atoms with Gasteiger partial charge in [0.05, 0.1) is 22.8 Å². The zero-order chi connectivity index (χ0) is 16.3. The summed E-state index contributed by atoms with van der Waals surface area (Å²) >= 11 is 0. The number of hydrogen-bond acceptors (Lipinski definition) is 2. The molecule has 0 aromatic heterocycles. The second-order valence-corrected chi connectivity index (χ2v) is 5.88. The van der Waals surface area contributed by atoms with E-state index in [9.17, 15) is 0 Å². The fourth-order valence-corrected chi connectivity index (χ4v) is 2.46. The van der Waals surface area contributed by atoms with Gasteiger partial charge >= 0.3 is 16.5 Å². The largest absolute Gasteiger partial charge is 2.00 e. The van der Waals surface area contributed by atoms with Crippen LogP contribution in [0.3, 0.4) is 0 Å². The van der Waals surface area contributed by atoms with Gasteiger partial charge in [0.25, 0.3) is 0 Å². The molecule has 0 spiro atoms. The minimum absolute atomic E-state index is 0. The van der Waals surface area contributed by atoms with Crippen LogP contribution in [0.2, 0.25) is 0 Å². The summed E-state index contributed by atoms with van der Waals surface area (Å²) in [6.07, 6.45) is 0. The van der Waals surface area contributed by atoms with Crippen molar-refractivity contribution in [3.63, 3.8) is 0 Å². The quantitative estimate of drug-likeness (QED) is 0.493. The molecule has 0 heterocycles. The fraction of sp³-hybridized carbons (Fsp3) is 0.300. The normalized spacial score (nSPS) is 12.1. The average Bonchev–Trinajstić information content (AvgIpc) is 2.46. The molecule has 0 aliphatic rings. The van der Waals surface area contributed by atoms with Gasteiger partial charge in [-0.1, -0.05) is 36.4 Å². The van der Waals surface area contributed by atoms with E-state index >= 15 is 0 Å². The molecule has 2 aromatic rings. The third kappa shape index (κ3) is 4.62. The molecule has 122 valence electrons. The molecule has 0 unspecified atom stereocenters. The summed E-state index contributed by atoms with van der Waals surface area (Å²) in [6, 6.07) is 12.5. The van der Waals surface area contributed by atoms with Gasteiger partial charge in [-0.3, -0.25) is 9.98 Å². The maximum Gasteiger partial charge on any atom is 2.00 e. The van der Waals surface area contributed by atoms with Gasteiger partial charge in [-0.05, 0) is 63.8 Å². The van der Waals surface area contributed by atoms with E-state index in [0.29, 0.717) is 0 Å². The Bertz CT molecular complexity index is 652. The molecule has 0 amide bonds. The second-order valence-electron chi connectivity index (χ2n) is 5.88. The Labute approximate surface area is 149 Å². The number of hydrogen-bond donors (Lipinski definition) is 0. The van der Waals surface area contributed by atoms with Gasteiger partial charge in [0.15, 0.2) is 0 Å². The summed E-state index contributed by atoms with van der Waals surface area (Å²) < 4.78 is 0. The zero-order valence-corrected chi connectivity index (χ0v) is 15.7. The number of benzene rings is 2. The van der Waals surface area contributed by atoms with Crippen LogP contribution in [-0.4, -0.2) is 11.4 Å². The van der Waals surface area contributed by atoms with Crippen LogP contribution >= 0.6 is 0 Å². The smallest absolute Gasteiger partial charge is 0.251 e. The van der Waals surface area contributed by atoms with Gasteiger partial charge in [0.2, 0.25) is 0 Å². The predicted molar refractivity (Wildman–Crippen MR) is 97.4 cm³/mol. The molecule has 0 N–H and O–H groups in total. The van der Waals surface area contributed by atoms with Gasteiger partial charge in [0.1, 0.15) is 0 Å². The number of para-hydroxylation sites is 2. The fourth-order valence-electron chi connectivity index (χ4n) is 2.46. The van der Waals surface area contributed by atoms with E-state index in [0.717, 1.165) is 22.8 Å². The Balaban J connectivity index is 0.00000264. The third-order valence-corrected chi connectivity index (χ3v) is 3.96. The molecule has 2 rings (SSSR count). The first-order valence-electron chi connectivity index (χ1n) is 7.63. The van der Waals surface area contributed by atoms with Crippen LogP contribution in [0, 0.1) is 27.7 Å². The van der Waals surface area contributed by atoms with Gasteiger partial charge in [0, 0.05) is 0 Å². The number of aryl methyl sites for hydroxylation is 4. The van der Waals surface area contributed by atoms with E-state index in [1.807, 2.05) is 13.8 Å². The molecule has 0 radical (unpaired) electrons. The number of rotatable bonds is 3. The Morgan fingerprint density at radius 3 is 1.13 bits per heavy atom. The number of nitrogens with zero attached hydrogens (tertiary/aromatic N) is 2. The molecule has 0 atom stereocenters. The molecule has 23 heavy (non-hydrogen) atoms. The van der Waals surface area contributed by atoms with Crippen molar-refractivity contribution in [2.24, 2.45) is 9.98 Å². The van der Waals surface area contributed by atoms with E-state index < -0.39 is 0 Å². The predicted octanol–water partition coefficient (Wildman–Crippen LogP) is 5.80. The summed E-state index contributed by atoms with van der Waals surface area (Å²) in [5.41, 5.74) is 8.80. The van der Waals surface area contributed by atoms with Crippen LogP contribution in [0.15, 0.2) is 46.4 Å². The summed E-state index contributed by atoms with van der Waals surface area (Å²) in [5, 5.41) is 0. The molecule has 0 saturated carbocycles. The van der Waals surface area contributed by atoms with E-state index in [4.69, 9.17) is 9.98 Å². The van der Waals surface area contributed by atoms with Gasteiger partial charge < -0.3 is 0 Å². The van der Waals surface area contributed by atoms with E-state index in [1.165, 1.54) is 22.3 Å². The van der Waals surface area contributed by atoms with Crippen molar-refractivity contribution in [1.29, 1.82) is 0 Å². The van der Waals surface area contributed by atoms with E-state index in [-0.39, 0.29) is 16.5 Å². The van der Waals surface area contributed by atoms with Crippen molar-refractivity contribution in [2.75, 3.05) is 0 Å². The standard InChI is InChI=1S/C20H24N2.Ni/c1-13-9-7-10-14(2)19(13)21-17(5)18(6)22-20-15(3)11-8-12-16(20)4;/h7-12H,1-6H3;/q;+2. The van der Waals surface area contributed by atoms with Gasteiger partial charge in [-0.2, -0.15) is 0 Å². The van der Waals surface area contributed by atoms with Crippen LogP contribution in [0.5, 0.6) is 0 Å². The minimum atomic E-state index is 0. The first kappa shape index (κ1) is 19.3. The molecule has 0 aliphatic carbocycles.